The van der Waals surface area contributed by atoms with Crippen molar-refractivity contribution < 1.29 is 4.79 Å². The highest BCUT2D eigenvalue weighted by atomic mass is 32.2. The Morgan fingerprint density at radius 2 is 1.74 bits per heavy atom. The van der Waals surface area contributed by atoms with E-state index in [2.05, 4.69) is 71.8 Å². The monoisotopic (exact) mass is 499 g/mol. The molecule has 6 nitrogen and oxygen atoms in total. The van der Waals surface area contributed by atoms with Gasteiger partial charge < -0.3 is 4.57 Å². The average Bonchev–Trinajstić information content (AvgIpc) is 3.36. The van der Waals surface area contributed by atoms with Gasteiger partial charge >= 0.3 is 0 Å². The van der Waals surface area contributed by atoms with E-state index in [1.165, 1.54) is 33.5 Å². The molecule has 1 amide bonds. The van der Waals surface area contributed by atoms with Gasteiger partial charge in [0.05, 0.1) is 11.3 Å². The Labute approximate surface area is 213 Å². The van der Waals surface area contributed by atoms with Crippen LogP contribution < -0.4 is 0 Å². The summed E-state index contributed by atoms with van der Waals surface area (Å²) in [5.74, 6) is 0.414. The van der Waals surface area contributed by atoms with Crippen LogP contribution >= 0.6 is 23.5 Å². The van der Waals surface area contributed by atoms with Crippen LogP contribution in [0.5, 0.6) is 0 Å². The van der Waals surface area contributed by atoms with Gasteiger partial charge in [0.2, 0.25) is 5.17 Å². The summed E-state index contributed by atoms with van der Waals surface area (Å²) in [5.41, 5.74) is 7.94. The summed E-state index contributed by atoms with van der Waals surface area (Å²) in [7, 11) is 0. The van der Waals surface area contributed by atoms with Gasteiger partial charge in [0.1, 0.15) is 0 Å². The summed E-state index contributed by atoms with van der Waals surface area (Å²) in [4.78, 5) is 17.2. The van der Waals surface area contributed by atoms with E-state index in [4.69, 9.17) is 5.41 Å². The molecule has 3 heterocycles. The number of benzene rings is 2. The molecule has 2 aromatic carbocycles. The summed E-state index contributed by atoms with van der Waals surface area (Å²) in [6.45, 7) is 8.31. The predicted molar refractivity (Wildman–Crippen MR) is 147 cm³/mol. The van der Waals surface area contributed by atoms with Crippen molar-refractivity contribution in [1.82, 2.24) is 9.58 Å². The van der Waals surface area contributed by atoms with Crippen molar-refractivity contribution in [3.63, 3.8) is 0 Å². The fourth-order valence-corrected chi connectivity index (χ4v) is 6.23. The van der Waals surface area contributed by atoms with Gasteiger partial charge in [0.15, 0.2) is 10.2 Å². The zero-order chi connectivity index (χ0) is 24.7. The molecule has 0 atom stereocenters. The first-order chi connectivity index (χ1) is 16.8. The van der Waals surface area contributed by atoms with Gasteiger partial charge in [-0.1, -0.05) is 60.3 Å². The van der Waals surface area contributed by atoms with Gasteiger partial charge in [-0.15, -0.1) is 5.10 Å². The lowest BCUT2D eigenvalue weighted by Gasteiger charge is -2.20. The lowest BCUT2D eigenvalue weighted by atomic mass is 10.1. The highest BCUT2D eigenvalue weighted by molar-refractivity contribution is 8.45. The molecule has 2 aliphatic heterocycles. The Balaban J connectivity index is 1.44. The fourth-order valence-electron chi connectivity index (χ4n) is 4.34. The fraction of sp³-hybridized carbons (Fsp3) is 0.185. The number of amides is 1. The Hall–Kier alpha value is -3.36. The Kier molecular flexibility index (Phi) is 6.25. The molecular weight excluding hydrogens is 474 g/mol. The van der Waals surface area contributed by atoms with E-state index in [9.17, 15) is 4.79 Å². The van der Waals surface area contributed by atoms with Crippen LogP contribution in [-0.4, -0.2) is 30.9 Å². The number of aryl methyl sites for hydroxylation is 3. The second kappa shape index (κ2) is 9.36. The van der Waals surface area contributed by atoms with Crippen LogP contribution in [0.3, 0.4) is 0 Å². The summed E-state index contributed by atoms with van der Waals surface area (Å²) >= 11 is 2.92. The third-order valence-corrected chi connectivity index (χ3v) is 8.19. The minimum Gasteiger partial charge on any atom is -0.317 e. The van der Waals surface area contributed by atoms with Crippen LogP contribution in [0.25, 0.3) is 11.8 Å². The number of aliphatic imine (C=N–C) groups is 1. The second-order valence-corrected chi connectivity index (χ2v) is 10.7. The smallest absolute Gasteiger partial charge is 0.283 e. The minimum atomic E-state index is -0.407. The Morgan fingerprint density at radius 3 is 2.46 bits per heavy atom. The van der Waals surface area contributed by atoms with Crippen LogP contribution in [0.2, 0.25) is 0 Å². The van der Waals surface area contributed by atoms with E-state index in [0.717, 1.165) is 32.8 Å². The molecule has 0 radical (unpaired) electrons. The number of aromatic nitrogens is 1. The normalized spacial score (nSPS) is 16.6. The van der Waals surface area contributed by atoms with Gasteiger partial charge in [-0.2, -0.15) is 10.0 Å². The van der Waals surface area contributed by atoms with Crippen molar-refractivity contribution in [1.29, 1.82) is 5.41 Å². The maximum atomic E-state index is 12.9. The third-order valence-electron chi connectivity index (χ3n) is 6.07. The Bertz CT molecular complexity index is 1430. The quantitative estimate of drug-likeness (QED) is 0.433. The van der Waals surface area contributed by atoms with Crippen molar-refractivity contribution >= 4 is 50.9 Å². The largest absolute Gasteiger partial charge is 0.317 e. The second-order valence-electron chi connectivity index (χ2n) is 8.56. The number of hydrogen-bond donors (Lipinski definition) is 1. The molecule has 0 bridgehead atoms. The number of carbonyl (C=O) groups is 1. The van der Waals surface area contributed by atoms with Crippen molar-refractivity contribution in [2.24, 2.45) is 10.1 Å². The van der Waals surface area contributed by atoms with E-state index < -0.39 is 5.91 Å². The van der Waals surface area contributed by atoms with Crippen LogP contribution in [0.15, 0.2) is 70.3 Å². The molecule has 3 aromatic rings. The first-order valence-corrected chi connectivity index (χ1v) is 13.1. The van der Waals surface area contributed by atoms with E-state index in [0.29, 0.717) is 5.17 Å². The van der Waals surface area contributed by atoms with Gasteiger partial charge in [0, 0.05) is 17.1 Å². The molecular formula is C27H25N5OS2. The number of thioether (sulfide) groups is 2. The molecule has 0 spiro atoms. The van der Waals surface area contributed by atoms with Gasteiger partial charge in [-0.3, -0.25) is 10.2 Å². The summed E-state index contributed by atoms with van der Waals surface area (Å²) in [6.07, 6.45) is 1.77. The first kappa shape index (κ1) is 23.4. The number of carbonyl (C=O) groups excluding carboxylic acids is 1. The first-order valence-electron chi connectivity index (χ1n) is 11.3. The summed E-state index contributed by atoms with van der Waals surface area (Å²) in [6, 6.07) is 18.5. The molecule has 0 fully saturated rings. The van der Waals surface area contributed by atoms with E-state index >= 15 is 0 Å². The molecule has 1 aromatic heterocycles. The van der Waals surface area contributed by atoms with Gasteiger partial charge in [-0.05, 0) is 73.9 Å². The number of amidine groups is 2. The van der Waals surface area contributed by atoms with Gasteiger partial charge in [0.25, 0.3) is 5.91 Å². The van der Waals surface area contributed by atoms with E-state index in [-0.39, 0.29) is 11.4 Å². The number of fused-ring (bicyclic) bond motifs is 1. The lowest BCUT2D eigenvalue weighted by molar-refractivity contribution is -0.114. The number of nitrogens with one attached hydrogen (secondary N) is 1. The number of hydrogen-bond acceptors (Lipinski definition) is 5. The molecule has 5 rings (SSSR count). The number of para-hydroxylation sites is 1. The minimum absolute atomic E-state index is 0.0553. The maximum absolute atomic E-state index is 12.9. The van der Waals surface area contributed by atoms with E-state index in [1.807, 2.05) is 25.1 Å². The Morgan fingerprint density at radius 1 is 1.03 bits per heavy atom. The van der Waals surface area contributed by atoms with Crippen molar-refractivity contribution in [3.8, 4) is 5.69 Å². The van der Waals surface area contributed by atoms with Gasteiger partial charge in [-0.25, -0.2) is 0 Å². The highest BCUT2D eigenvalue weighted by Gasteiger charge is 2.36. The molecule has 35 heavy (non-hydrogen) atoms. The van der Waals surface area contributed by atoms with Crippen LogP contribution in [0.4, 0.5) is 0 Å². The van der Waals surface area contributed by atoms with Crippen LogP contribution in [0.1, 0.15) is 33.6 Å². The van der Waals surface area contributed by atoms with Crippen LogP contribution in [-0.2, 0) is 10.5 Å². The third kappa shape index (κ3) is 4.39. The van der Waals surface area contributed by atoms with Crippen LogP contribution in [0, 0.1) is 33.1 Å². The van der Waals surface area contributed by atoms with Crippen molar-refractivity contribution in [2.45, 2.75) is 33.4 Å². The zero-order valence-electron chi connectivity index (χ0n) is 20.0. The molecule has 8 heteroatoms. The van der Waals surface area contributed by atoms with Crippen molar-refractivity contribution in [2.75, 3.05) is 0 Å². The topological polar surface area (TPSA) is 73.8 Å². The summed E-state index contributed by atoms with van der Waals surface area (Å²) < 4.78 is 2.99. The molecule has 2 aliphatic rings. The standard InChI is InChI=1S/C27H25N5OS2/c1-16-9-8-10-17(2)23(16)31-18(3)13-21(19(31)4)14-22-24(28)32-26(29-25(22)33)35-27(30-32)34-15-20-11-6-5-7-12-20/h5-14,28H,15H2,1-4H3/b22-14-,28-24?. The molecule has 0 unspecified atom stereocenters. The summed E-state index contributed by atoms with van der Waals surface area (Å²) in [5, 5.41) is 15.2. The SMILES string of the molecule is Cc1cccc(C)c1-n1c(C)cc(/C=C2/C(=N)N3N=C(SCc4ccccc4)SC3=NC2=O)c1C. The number of nitrogens with zero attached hydrogens (tertiary/aromatic N) is 4. The predicted octanol–water partition coefficient (Wildman–Crippen LogP) is 6.22. The molecule has 0 saturated carbocycles. The number of hydrazone groups is 1. The average molecular weight is 500 g/mol. The lowest BCUT2D eigenvalue weighted by Crippen LogP contribution is -2.35. The number of rotatable bonds is 4. The maximum Gasteiger partial charge on any atom is 0.283 e. The molecule has 0 saturated heterocycles. The highest BCUT2D eigenvalue weighted by Crippen LogP contribution is 2.34. The van der Waals surface area contributed by atoms with Crippen molar-refractivity contribution in [3.05, 3.63) is 93.8 Å². The molecule has 0 aliphatic carbocycles. The molecule has 176 valence electrons. The van der Waals surface area contributed by atoms with E-state index in [1.54, 1.807) is 17.8 Å². The zero-order valence-corrected chi connectivity index (χ0v) is 21.6. The molecule has 1 N–H and O–H groups in total.